The molecule has 0 radical (unpaired) electrons. The van der Waals surface area contributed by atoms with E-state index in [9.17, 15) is 4.79 Å². The first-order valence-electron chi connectivity index (χ1n) is 14.1. The predicted octanol–water partition coefficient (Wildman–Crippen LogP) is 5.85. The van der Waals surface area contributed by atoms with E-state index in [-0.39, 0.29) is 11.6 Å². The summed E-state index contributed by atoms with van der Waals surface area (Å²) in [5, 5.41) is 0. The Kier molecular flexibility index (Phi) is 9.14. The molecule has 5 heteroatoms. The number of benzene rings is 1. The van der Waals surface area contributed by atoms with Gasteiger partial charge in [0.1, 0.15) is 17.1 Å². The molecule has 0 aliphatic carbocycles. The van der Waals surface area contributed by atoms with Crippen molar-refractivity contribution >= 4 is 11.5 Å². The first kappa shape index (κ1) is 26.8. The molecule has 3 heterocycles. The molecule has 196 valence electrons. The lowest BCUT2D eigenvalue weighted by molar-refractivity contribution is -0.134. The van der Waals surface area contributed by atoms with E-state index in [0.717, 1.165) is 69.7 Å². The molecule has 0 bridgehead atoms. The standard InChI is InChI=1S/C31H44N2O3/c1-5-7-9-13-24-21-27(35-29(34)14-12-19-32-17-10-8-11-18-32)30-25-23-33(16-6-2)20-15-26(25)31(3,4)36-28(30)22-24/h2,21-22H,5,7-20,23H2,1,3-4H3. The summed E-state index contributed by atoms with van der Waals surface area (Å²) in [7, 11) is 0. The monoisotopic (exact) mass is 492 g/mol. The Bertz CT molecular complexity index is 998. The minimum absolute atomic E-state index is 0.150. The largest absolute Gasteiger partial charge is 0.483 e. The molecular weight excluding hydrogens is 448 g/mol. The van der Waals surface area contributed by atoms with Crippen molar-refractivity contribution in [1.82, 2.24) is 9.80 Å². The number of carbonyl (C=O) groups excluding carboxylic acids is 1. The molecule has 3 aliphatic rings. The van der Waals surface area contributed by atoms with Crippen LogP contribution < -0.4 is 9.47 Å². The zero-order valence-corrected chi connectivity index (χ0v) is 22.7. The van der Waals surface area contributed by atoms with Crippen LogP contribution in [-0.4, -0.2) is 60.6 Å². The summed E-state index contributed by atoms with van der Waals surface area (Å²) < 4.78 is 12.7. The van der Waals surface area contributed by atoms with Crippen LogP contribution in [0.4, 0.5) is 0 Å². The van der Waals surface area contributed by atoms with Crippen LogP contribution in [0.1, 0.15) is 89.7 Å². The second-order valence-corrected chi connectivity index (χ2v) is 11.1. The highest BCUT2D eigenvalue weighted by Gasteiger charge is 2.39. The van der Waals surface area contributed by atoms with E-state index in [2.05, 4.69) is 48.6 Å². The Morgan fingerprint density at radius 2 is 1.92 bits per heavy atom. The molecule has 0 atom stereocenters. The number of piperidine rings is 1. The van der Waals surface area contributed by atoms with Crippen LogP contribution in [0.25, 0.3) is 5.57 Å². The number of nitrogens with zero attached hydrogens (tertiary/aromatic N) is 2. The maximum atomic E-state index is 13.0. The smallest absolute Gasteiger partial charge is 0.311 e. The maximum Gasteiger partial charge on any atom is 0.311 e. The number of fused-ring (bicyclic) bond motifs is 2. The van der Waals surface area contributed by atoms with Crippen LogP contribution in [-0.2, 0) is 11.2 Å². The molecule has 3 aliphatic heterocycles. The number of hydrogen-bond acceptors (Lipinski definition) is 5. The average Bonchev–Trinajstić information content (AvgIpc) is 2.84. The van der Waals surface area contributed by atoms with E-state index < -0.39 is 0 Å². The van der Waals surface area contributed by atoms with Gasteiger partial charge in [0.25, 0.3) is 0 Å². The van der Waals surface area contributed by atoms with Crippen LogP contribution in [0.15, 0.2) is 17.7 Å². The molecule has 0 aromatic heterocycles. The SMILES string of the molecule is C#CCN1CCC2=C(C1)c1c(OC(=O)CCCN3CCCCC3)cc(CCCCC)cc1OC2(C)C. The second-order valence-electron chi connectivity index (χ2n) is 11.1. The molecule has 1 aromatic rings. The summed E-state index contributed by atoms with van der Waals surface area (Å²) >= 11 is 0. The van der Waals surface area contributed by atoms with E-state index in [1.54, 1.807) is 0 Å². The molecule has 0 N–H and O–H groups in total. The number of ether oxygens (including phenoxy) is 2. The number of unbranched alkanes of at least 4 members (excludes halogenated alkanes) is 2. The third-order valence-corrected chi connectivity index (χ3v) is 7.86. The van der Waals surface area contributed by atoms with Crippen LogP contribution in [0, 0.1) is 12.3 Å². The Morgan fingerprint density at radius 3 is 2.67 bits per heavy atom. The fourth-order valence-corrected chi connectivity index (χ4v) is 5.94. The summed E-state index contributed by atoms with van der Waals surface area (Å²) in [6, 6.07) is 4.26. The predicted molar refractivity (Wildman–Crippen MR) is 146 cm³/mol. The van der Waals surface area contributed by atoms with Gasteiger partial charge in [0, 0.05) is 19.5 Å². The molecule has 0 spiro atoms. The zero-order chi connectivity index (χ0) is 25.5. The van der Waals surface area contributed by atoms with Gasteiger partial charge in [0.2, 0.25) is 0 Å². The molecule has 1 saturated heterocycles. The number of aryl methyl sites for hydroxylation is 1. The lowest BCUT2D eigenvalue weighted by Gasteiger charge is -2.42. The Balaban J connectivity index is 1.58. The average molecular weight is 493 g/mol. The number of carbonyl (C=O) groups is 1. The Labute approximate surface area is 218 Å². The van der Waals surface area contributed by atoms with E-state index in [4.69, 9.17) is 15.9 Å². The highest BCUT2D eigenvalue weighted by molar-refractivity contribution is 5.84. The number of likely N-dealkylation sites (tertiary alicyclic amines) is 1. The number of hydrogen-bond donors (Lipinski definition) is 0. The van der Waals surface area contributed by atoms with Crippen molar-refractivity contribution in [2.75, 3.05) is 39.3 Å². The van der Waals surface area contributed by atoms with Crippen LogP contribution in [0.2, 0.25) is 0 Å². The van der Waals surface area contributed by atoms with Crippen LogP contribution >= 0.6 is 0 Å². The Hall–Kier alpha value is -2.29. The molecular formula is C31H44N2O3. The van der Waals surface area contributed by atoms with Crippen molar-refractivity contribution in [2.24, 2.45) is 0 Å². The molecule has 1 aromatic carbocycles. The van der Waals surface area contributed by atoms with Gasteiger partial charge in [0.15, 0.2) is 0 Å². The molecule has 1 fully saturated rings. The normalized spacial score (nSPS) is 19.7. The van der Waals surface area contributed by atoms with Crippen molar-refractivity contribution in [3.63, 3.8) is 0 Å². The minimum Gasteiger partial charge on any atom is -0.483 e. The summed E-state index contributed by atoms with van der Waals surface area (Å²) in [5.74, 6) is 4.14. The summed E-state index contributed by atoms with van der Waals surface area (Å²) in [6.07, 6.45) is 16.1. The first-order chi connectivity index (χ1) is 17.4. The molecule has 4 rings (SSSR count). The van der Waals surface area contributed by atoms with Crippen molar-refractivity contribution < 1.29 is 14.3 Å². The van der Waals surface area contributed by atoms with E-state index in [1.165, 1.54) is 48.8 Å². The summed E-state index contributed by atoms with van der Waals surface area (Å²) in [6.45, 7) is 12.1. The number of rotatable bonds is 10. The molecule has 0 unspecified atom stereocenters. The third kappa shape index (κ3) is 6.52. The highest BCUT2D eigenvalue weighted by Crippen LogP contribution is 2.48. The van der Waals surface area contributed by atoms with E-state index in [1.807, 2.05) is 0 Å². The molecule has 5 nitrogen and oxygen atoms in total. The zero-order valence-electron chi connectivity index (χ0n) is 22.7. The van der Waals surface area contributed by atoms with Crippen LogP contribution in [0.5, 0.6) is 11.5 Å². The lowest BCUT2D eigenvalue weighted by atomic mass is 9.81. The molecule has 36 heavy (non-hydrogen) atoms. The third-order valence-electron chi connectivity index (χ3n) is 7.86. The van der Waals surface area contributed by atoms with E-state index in [0.29, 0.717) is 18.7 Å². The minimum atomic E-state index is -0.387. The fraction of sp³-hybridized carbons (Fsp3) is 0.645. The van der Waals surface area contributed by atoms with Gasteiger partial charge in [-0.25, -0.2) is 0 Å². The molecule has 0 saturated carbocycles. The van der Waals surface area contributed by atoms with Crippen molar-refractivity contribution in [1.29, 1.82) is 0 Å². The lowest BCUT2D eigenvalue weighted by Crippen LogP contribution is -2.42. The quantitative estimate of drug-likeness (QED) is 0.177. The topological polar surface area (TPSA) is 42.0 Å². The number of terminal acetylenes is 1. The van der Waals surface area contributed by atoms with Gasteiger partial charge >= 0.3 is 5.97 Å². The fourth-order valence-electron chi connectivity index (χ4n) is 5.94. The van der Waals surface area contributed by atoms with Gasteiger partial charge in [-0.2, -0.15) is 0 Å². The van der Waals surface area contributed by atoms with Crippen LogP contribution in [0.3, 0.4) is 0 Å². The highest BCUT2D eigenvalue weighted by atomic mass is 16.5. The van der Waals surface area contributed by atoms with Gasteiger partial charge in [-0.15, -0.1) is 6.42 Å². The van der Waals surface area contributed by atoms with Gasteiger partial charge < -0.3 is 14.4 Å². The van der Waals surface area contributed by atoms with Crippen molar-refractivity contribution in [2.45, 2.75) is 90.6 Å². The van der Waals surface area contributed by atoms with Gasteiger partial charge in [-0.1, -0.05) is 32.1 Å². The number of esters is 1. The van der Waals surface area contributed by atoms with Gasteiger partial charge in [-0.3, -0.25) is 9.69 Å². The molecule has 0 amide bonds. The van der Waals surface area contributed by atoms with Crippen molar-refractivity contribution in [3.8, 4) is 23.8 Å². The van der Waals surface area contributed by atoms with Gasteiger partial charge in [-0.05, 0) is 101 Å². The van der Waals surface area contributed by atoms with Crippen molar-refractivity contribution in [3.05, 3.63) is 28.8 Å². The maximum absolute atomic E-state index is 13.0. The summed E-state index contributed by atoms with van der Waals surface area (Å²) in [4.78, 5) is 17.8. The van der Waals surface area contributed by atoms with Gasteiger partial charge in [0.05, 0.1) is 12.1 Å². The summed E-state index contributed by atoms with van der Waals surface area (Å²) in [5.41, 5.74) is 4.26. The Morgan fingerprint density at radius 1 is 1.11 bits per heavy atom. The first-order valence-corrected chi connectivity index (χ1v) is 14.1. The van der Waals surface area contributed by atoms with E-state index >= 15 is 0 Å². The second kappa shape index (κ2) is 12.3.